The van der Waals surface area contributed by atoms with Gasteiger partial charge in [0.15, 0.2) is 0 Å². The number of carbonyl (C=O) groups is 2. The molecule has 1 heterocycles. The van der Waals surface area contributed by atoms with Crippen LogP contribution in [0.3, 0.4) is 0 Å². The summed E-state index contributed by atoms with van der Waals surface area (Å²) in [6.45, 7) is 3.45. The van der Waals surface area contributed by atoms with E-state index in [-0.39, 0.29) is 11.6 Å². The number of esters is 1. The van der Waals surface area contributed by atoms with Gasteiger partial charge in [-0.25, -0.2) is 14.0 Å². The van der Waals surface area contributed by atoms with E-state index in [1.807, 2.05) is 0 Å². The van der Waals surface area contributed by atoms with Crippen molar-refractivity contribution < 1.29 is 18.7 Å². The second-order valence-electron chi connectivity index (χ2n) is 5.62. The Morgan fingerprint density at radius 3 is 2.90 bits per heavy atom. The quantitative estimate of drug-likeness (QED) is 0.865. The summed E-state index contributed by atoms with van der Waals surface area (Å²) in [7, 11) is 0. The summed E-state index contributed by atoms with van der Waals surface area (Å²) in [5.74, 6) is -0.341. The first-order valence-electron chi connectivity index (χ1n) is 7.08. The van der Waals surface area contributed by atoms with Crippen molar-refractivity contribution >= 4 is 17.7 Å². The molecule has 2 amide bonds. The molecule has 1 N–H and O–H groups in total. The van der Waals surface area contributed by atoms with E-state index in [4.69, 9.17) is 4.74 Å². The Morgan fingerprint density at radius 1 is 1.52 bits per heavy atom. The molecule has 2 aliphatic rings. The third-order valence-corrected chi connectivity index (χ3v) is 4.04. The zero-order chi connectivity index (χ0) is 15.0. The van der Waals surface area contributed by atoms with Crippen LogP contribution in [0.15, 0.2) is 18.2 Å². The van der Waals surface area contributed by atoms with Gasteiger partial charge in [0.1, 0.15) is 5.82 Å². The van der Waals surface area contributed by atoms with E-state index in [0.29, 0.717) is 37.2 Å². The lowest BCUT2D eigenvalue weighted by molar-refractivity contribution is 0.0476. The summed E-state index contributed by atoms with van der Waals surface area (Å²) in [5, 5.41) is 2.66. The van der Waals surface area contributed by atoms with Gasteiger partial charge in [-0.15, -0.1) is 0 Å². The normalized spacial score (nSPS) is 23.9. The van der Waals surface area contributed by atoms with E-state index in [1.165, 1.54) is 23.1 Å². The monoisotopic (exact) mass is 292 g/mol. The zero-order valence-electron chi connectivity index (χ0n) is 11.8. The summed E-state index contributed by atoms with van der Waals surface area (Å²) < 4.78 is 19.0. The van der Waals surface area contributed by atoms with E-state index in [2.05, 4.69) is 12.2 Å². The molecule has 1 aliphatic carbocycles. The maximum Gasteiger partial charge on any atom is 0.341 e. The molecule has 2 atom stereocenters. The number of halogens is 1. The average molecular weight is 292 g/mol. The number of carbonyl (C=O) groups excluding carboxylic acids is 2. The van der Waals surface area contributed by atoms with Crippen molar-refractivity contribution in [2.45, 2.75) is 13.3 Å². The van der Waals surface area contributed by atoms with Crippen molar-refractivity contribution in [3.05, 3.63) is 29.6 Å². The topological polar surface area (TPSA) is 58.6 Å². The lowest BCUT2D eigenvalue weighted by Crippen LogP contribution is -2.28. The Hall–Kier alpha value is -2.11. The molecule has 1 aliphatic heterocycles. The van der Waals surface area contributed by atoms with Gasteiger partial charge in [-0.05, 0) is 36.5 Å². The van der Waals surface area contributed by atoms with Gasteiger partial charge in [0.25, 0.3) is 0 Å². The van der Waals surface area contributed by atoms with Crippen LogP contribution in [0.4, 0.5) is 14.9 Å². The zero-order valence-corrected chi connectivity index (χ0v) is 11.8. The van der Waals surface area contributed by atoms with Crippen molar-refractivity contribution in [2.75, 3.05) is 24.6 Å². The molecule has 21 heavy (non-hydrogen) atoms. The lowest BCUT2D eigenvalue weighted by Gasteiger charge is -2.15. The predicted octanol–water partition coefficient (Wildman–Crippen LogP) is 2.17. The number of ether oxygens (including phenoxy) is 1. The minimum atomic E-state index is -0.673. The van der Waals surface area contributed by atoms with Gasteiger partial charge < -0.3 is 10.1 Å². The van der Waals surface area contributed by atoms with Crippen LogP contribution in [-0.2, 0) is 4.74 Å². The minimum absolute atomic E-state index is 0.125. The highest BCUT2D eigenvalue weighted by Gasteiger charge is 2.34. The molecule has 0 spiro atoms. The summed E-state index contributed by atoms with van der Waals surface area (Å²) in [4.78, 5) is 25.0. The molecule has 1 saturated carbocycles. The largest absolute Gasteiger partial charge is 0.462 e. The van der Waals surface area contributed by atoms with Crippen LogP contribution < -0.4 is 10.2 Å². The van der Waals surface area contributed by atoms with Crippen LogP contribution in [0.1, 0.15) is 23.7 Å². The predicted molar refractivity (Wildman–Crippen MR) is 74.7 cm³/mol. The van der Waals surface area contributed by atoms with Gasteiger partial charge in [0.05, 0.1) is 12.2 Å². The van der Waals surface area contributed by atoms with Crippen LogP contribution >= 0.6 is 0 Å². The van der Waals surface area contributed by atoms with Crippen molar-refractivity contribution in [1.29, 1.82) is 0 Å². The molecular formula is C15H17FN2O3. The summed E-state index contributed by atoms with van der Waals surface area (Å²) >= 11 is 0. The van der Waals surface area contributed by atoms with E-state index < -0.39 is 11.8 Å². The van der Waals surface area contributed by atoms with Crippen molar-refractivity contribution in [3.8, 4) is 0 Å². The summed E-state index contributed by atoms with van der Waals surface area (Å²) in [6.07, 6.45) is 1.05. The van der Waals surface area contributed by atoms with E-state index >= 15 is 0 Å². The Balaban J connectivity index is 1.74. The minimum Gasteiger partial charge on any atom is -0.462 e. The highest BCUT2D eigenvalue weighted by Crippen LogP contribution is 2.37. The third-order valence-electron chi connectivity index (χ3n) is 4.04. The smallest absolute Gasteiger partial charge is 0.341 e. The number of urea groups is 1. The van der Waals surface area contributed by atoms with E-state index in [0.717, 1.165) is 6.42 Å². The Bertz CT molecular complexity index is 590. The number of nitrogens with one attached hydrogen (secondary N) is 1. The molecule has 2 unspecified atom stereocenters. The Kier molecular flexibility index (Phi) is 3.53. The third kappa shape index (κ3) is 2.84. The molecule has 0 radical (unpaired) electrons. The summed E-state index contributed by atoms with van der Waals surface area (Å²) in [6, 6.07) is 3.81. The second kappa shape index (κ2) is 5.35. The fourth-order valence-electron chi connectivity index (χ4n) is 2.45. The van der Waals surface area contributed by atoms with Gasteiger partial charge in [-0.3, -0.25) is 4.90 Å². The molecule has 112 valence electrons. The number of amides is 2. The molecular weight excluding hydrogens is 275 g/mol. The fraction of sp³-hybridized carbons (Fsp3) is 0.467. The molecule has 6 heteroatoms. The fourth-order valence-corrected chi connectivity index (χ4v) is 2.45. The van der Waals surface area contributed by atoms with Crippen molar-refractivity contribution in [1.82, 2.24) is 5.32 Å². The van der Waals surface area contributed by atoms with E-state index in [9.17, 15) is 14.0 Å². The van der Waals surface area contributed by atoms with Gasteiger partial charge in [-0.2, -0.15) is 0 Å². The maximum atomic E-state index is 13.8. The van der Waals surface area contributed by atoms with Gasteiger partial charge in [-0.1, -0.05) is 6.92 Å². The van der Waals surface area contributed by atoms with Gasteiger partial charge in [0, 0.05) is 18.8 Å². The van der Waals surface area contributed by atoms with Gasteiger partial charge in [0.2, 0.25) is 0 Å². The molecule has 1 aromatic carbocycles. The highest BCUT2D eigenvalue weighted by atomic mass is 19.1. The molecule has 3 rings (SSSR count). The molecule has 1 saturated heterocycles. The SMILES string of the molecule is CC1CC1COC(=O)c1cc(N2CCNC2=O)ccc1F. The number of benzene rings is 1. The number of hydrogen-bond acceptors (Lipinski definition) is 3. The van der Waals surface area contributed by atoms with E-state index in [1.54, 1.807) is 0 Å². The molecule has 5 nitrogen and oxygen atoms in total. The maximum absolute atomic E-state index is 13.8. The van der Waals surface area contributed by atoms with Crippen LogP contribution in [-0.4, -0.2) is 31.7 Å². The Morgan fingerprint density at radius 2 is 2.29 bits per heavy atom. The number of rotatable bonds is 4. The number of anilines is 1. The second-order valence-corrected chi connectivity index (χ2v) is 5.62. The molecule has 2 fully saturated rings. The van der Waals surface area contributed by atoms with Crippen molar-refractivity contribution in [3.63, 3.8) is 0 Å². The molecule has 1 aromatic rings. The van der Waals surface area contributed by atoms with Crippen LogP contribution in [0.5, 0.6) is 0 Å². The van der Waals surface area contributed by atoms with Crippen LogP contribution in [0.2, 0.25) is 0 Å². The first-order valence-corrected chi connectivity index (χ1v) is 7.08. The average Bonchev–Trinajstić information content (AvgIpc) is 3.00. The van der Waals surface area contributed by atoms with Gasteiger partial charge >= 0.3 is 12.0 Å². The number of nitrogens with zero attached hydrogens (tertiary/aromatic N) is 1. The molecule has 0 bridgehead atoms. The molecule has 0 aromatic heterocycles. The standard InChI is InChI=1S/C15H17FN2O3/c1-9-6-10(9)8-21-14(19)12-7-11(2-3-13(12)16)18-5-4-17-15(18)20/h2-3,7,9-10H,4-6,8H2,1H3,(H,17,20). The highest BCUT2D eigenvalue weighted by molar-refractivity contribution is 5.96. The van der Waals surface area contributed by atoms with Crippen LogP contribution in [0.25, 0.3) is 0 Å². The number of hydrogen-bond donors (Lipinski definition) is 1. The van der Waals surface area contributed by atoms with Crippen molar-refractivity contribution in [2.24, 2.45) is 11.8 Å². The van der Waals surface area contributed by atoms with Crippen LogP contribution in [0, 0.1) is 17.7 Å². The Labute approximate surface area is 122 Å². The first-order chi connectivity index (χ1) is 10.1. The summed E-state index contributed by atoms with van der Waals surface area (Å²) in [5.41, 5.74) is 0.374. The lowest BCUT2D eigenvalue weighted by atomic mass is 10.1. The first kappa shape index (κ1) is 13.9.